The van der Waals surface area contributed by atoms with Crippen LogP contribution < -0.4 is 10.1 Å². The van der Waals surface area contributed by atoms with E-state index in [0.717, 1.165) is 12.5 Å². The van der Waals surface area contributed by atoms with Crippen LogP contribution in [-0.4, -0.2) is 19.7 Å². The predicted molar refractivity (Wildman–Crippen MR) is 81.0 cm³/mol. The Labute approximate surface area is 130 Å². The van der Waals surface area contributed by atoms with Crippen molar-refractivity contribution in [2.45, 2.75) is 38.1 Å². The summed E-state index contributed by atoms with van der Waals surface area (Å²) in [5.74, 6) is 0.454. The maximum atomic E-state index is 13.3. The molecule has 1 aliphatic rings. The molecule has 0 saturated heterocycles. The van der Waals surface area contributed by atoms with E-state index in [1.54, 1.807) is 0 Å². The zero-order chi connectivity index (χ0) is 15.2. The second-order valence-electron chi connectivity index (χ2n) is 5.45. The number of rotatable bonds is 6. The van der Waals surface area contributed by atoms with Crippen molar-refractivity contribution < 1.29 is 9.13 Å². The molecule has 1 aliphatic carbocycles. The Bertz CT molecular complexity index is 524. The van der Waals surface area contributed by atoms with Crippen LogP contribution in [0.4, 0.5) is 4.39 Å². The van der Waals surface area contributed by atoms with Gasteiger partial charge in [0.1, 0.15) is 17.6 Å². The maximum absolute atomic E-state index is 13.3. The van der Waals surface area contributed by atoms with Gasteiger partial charge in [-0.15, -0.1) is 0 Å². The molecule has 1 atom stereocenters. The fraction of sp³-hybridized carbons (Fsp3) is 0.562. The fourth-order valence-electron chi connectivity index (χ4n) is 3.01. The van der Waals surface area contributed by atoms with Crippen molar-refractivity contribution in [3.8, 4) is 11.8 Å². The van der Waals surface area contributed by atoms with Crippen LogP contribution in [0.2, 0.25) is 5.02 Å². The van der Waals surface area contributed by atoms with Gasteiger partial charge in [-0.1, -0.05) is 24.4 Å². The van der Waals surface area contributed by atoms with Gasteiger partial charge < -0.3 is 10.1 Å². The van der Waals surface area contributed by atoms with Crippen LogP contribution in [0.1, 0.15) is 37.7 Å². The molecule has 2 rings (SSSR count). The second-order valence-corrected chi connectivity index (χ2v) is 5.86. The molecule has 1 unspecified atom stereocenters. The minimum absolute atomic E-state index is 0.0232. The Morgan fingerprint density at radius 3 is 2.81 bits per heavy atom. The number of hydrogen-bond acceptors (Lipinski definition) is 3. The molecular weight excluding hydrogens is 291 g/mol. The van der Waals surface area contributed by atoms with Gasteiger partial charge in [0.25, 0.3) is 0 Å². The molecule has 1 fully saturated rings. The average molecular weight is 311 g/mol. The summed E-state index contributed by atoms with van der Waals surface area (Å²) in [6.07, 6.45) is 5.99. The highest BCUT2D eigenvalue weighted by Gasteiger charge is 2.23. The number of benzene rings is 1. The van der Waals surface area contributed by atoms with Crippen LogP contribution in [-0.2, 0) is 0 Å². The van der Waals surface area contributed by atoms with Gasteiger partial charge >= 0.3 is 0 Å². The summed E-state index contributed by atoms with van der Waals surface area (Å²) in [5.41, 5.74) is 0.179. The Morgan fingerprint density at radius 1 is 1.48 bits per heavy atom. The molecule has 21 heavy (non-hydrogen) atoms. The first-order valence-electron chi connectivity index (χ1n) is 7.35. The van der Waals surface area contributed by atoms with E-state index in [0.29, 0.717) is 24.3 Å². The molecule has 1 N–H and O–H groups in total. The van der Waals surface area contributed by atoms with Gasteiger partial charge in [0.2, 0.25) is 0 Å². The van der Waals surface area contributed by atoms with Crippen LogP contribution in [0.3, 0.4) is 0 Å². The van der Waals surface area contributed by atoms with E-state index >= 15 is 0 Å². The van der Waals surface area contributed by atoms with Crippen LogP contribution in [0.25, 0.3) is 0 Å². The third kappa shape index (κ3) is 4.09. The summed E-state index contributed by atoms with van der Waals surface area (Å²) in [7, 11) is 1.97. The molecule has 1 aromatic rings. The summed E-state index contributed by atoms with van der Waals surface area (Å²) < 4.78 is 18.9. The normalized spacial score (nSPS) is 16.7. The Hall–Kier alpha value is -1.31. The van der Waals surface area contributed by atoms with E-state index in [2.05, 4.69) is 5.32 Å². The van der Waals surface area contributed by atoms with Crippen molar-refractivity contribution >= 4 is 11.6 Å². The van der Waals surface area contributed by atoms with Crippen LogP contribution in [0, 0.1) is 23.1 Å². The van der Waals surface area contributed by atoms with Crippen LogP contribution in [0.5, 0.6) is 5.75 Å². The molecule has 0 radical (unpaired) electrons. The third-order valence-electron chi connectivity index (χ3n) is 4.17. The van der Waals surface area contributed by atoms with Crippen molar-refractivity contribution in [1.82, 2.24) is 5.32 Å². The molecular formula is C16H20ClFN2O. The Balaban J connectivity index is 1.93. The lowest BCUT2D eigenvalue weighted by Gasteiger charge is -2.23. The summed E-state index contributed by atoms with van der Waals surface area (Å²) in [6, 6.07) is 4.85. The molecule has 0 aromatic heterocycles. The zero-order valence-corrected chi connectivity index (χ0v) is 12.9. The van der Waals surface area contributed by atoms with Gasteiger partial charge in [-0.25, -0.2) is 4.39 Å². The average Bonchev–Trinajstić information content (AvgIpc) is 3.01. The zero-order valence-electron chi connectivity index (χ0n) is 12.2. The number of nitrogens with zero attached hydrogens (tertiary/aromatic N) is 1. The minimum Gasteiger partial charge on any atom is -0.492 e. The lowest BCUT2D eigenvalue weighted by molar-refractivity contribution is 0.257. The monoisotopic (exact) mass is 310 g/mol. The lowest BCUT2D eigenvalue weighted by Crippen LogP contribution is -2.33. The standard InChI is InChI=1S/C16H20ClFN2O/c1-20-15(11-4-2-3-5-11)6-7-21-16-9-13(17)14(18)8-12(16)10-19/h8-9,11,15,20H,2-7H2,1H3. The van der Waals surface area contributed by atoms with Gasteiger partial charge in [-0.05, 0) is 38.3 Å². The van der Waals surface area contributed by atoms with Gasteiger partial charge in [-0.3, -0.25) is 0 Å². The first kappa shape index (κ1) is 16.1. The third-order valence-corrected chi connectivity index (χ3v) is 4.46. The molecule has 0 aliphatic heterocycles. The Kier molecular flexibility index (Phi) is 5.84. The molecule has 0 bridgehead atoms. The minimum atomic E-state index is -0.598. The number of nitriles is 1. The van der Waals surface area contributed by atoms with E-state index in [1.165, 1.54) is 31.7 Å². The maximum Gasteiger partial charge on any atom is 0.143 e. The van der Waals surface area contributed by atoms with Crippen molar-refractivity contribution in [2.24, 2.45) is 5.92 Å². The quantitative estimate of drug-likeness (QED) is 0.866. The van der Waals surface area contributed by atoms with Crippen LogP contribution in [0.15, 0.2) is 12.1 Å². The number of hydrogen-bond donors (Lipinski definition) is 1. The molecule has 1 saturated carbocycles. The highest BCUT2D eigenvalue weighted by molar-refractivity contribution is 6.30. The largest absolute Gasteiger partial charge is 0.492 e. The van der Waals surface area contributed by atoms with E-state index in [-0.39, 0.29) is 10.6 Å². The smallest absolute Gasteiger partial charge is 0.143 e. The first-order valence-corrected chi connectivity index (χ1v) is 7.72. The van der Waals surface area contributed by atoms with E-state index in [4.69, 9.17) is 21.6 Å². The highest BCUT2D eigenvalue weighted by atomic mass is 35.5. The molecule has 0 amide bonds. The summed E-state index contributed by atoms with van der Waals surface area (Å²) >= 11 is 5.74. The predicted octanol–water partition coefficient (Wildman–Crippen LogP) is 3.90. The molecule has 114 valence electrons. The van der Waals surface area contributed by atoms with Crippen molar-refractivity contribution in [2.75, 3.05) is 13.7 Å². The van der Waals surface area contributed by atoms with E-state index < -0.39 is 5.82 Å². The number of nitrogens with one attached hydrogen (secondary N) is 1. The molecule has 5 heteroatoms. The molecule has 0 heterocycles. The van der Waals surface area contributed by atoms with Gasteiger partial charge in [0, 0.05) is 12.1 Å². The van der Waals surface area contributed by atoms with Crippen molar-refractivity contribution in [3.05, 3.63) is 28.5 Å². The lowest BCUT2D eigenvalue weighted by atomic mass is 9.96. The molecule has 0 spiro atoms. The van der Waals surface area contributed by atoms with Crippen LogP contribution >= 0.6 is 11.6 Å². The first-order chi connectivity index (χ1) is 10.2. The second kappa shape index (κ2) is 7.63. The van der Waals surface area contributed by atoms with Gasteiger partial charge in [0.15, 0.2) is 0 Å². The molecule has 3 nitrogen and oxygen atoms in total. The van der Waals surface area contributed by atoms with Crippen molar-refractivity contribution in [3.63, 3.8) is 0 Å². The van der Waals surface area contributed by atoms with E-state index in [9.17, 15) is 4.39 Å². The number of ether oxygens (including phenoxy) is 1. The van der Waals surface area contributed by atoms with Gasteiger partial charge in [0.05, 0.1) is 17.2 Å². The van der Waals surface area contributed by atoms with E-state index in [1.807, 2.05) is 13.1 Å². The SMILES string of the molecule is CNC(CCOc1cc(Cl)c(F)cc1C#N)C1CCCC1. The summed E-state index contributed by atoms with van der Waals surface area (Å²) in [4.78, 5) is 0. The topological polar surface area (TPSA) is 45.0 Å². The number of halogens is 2. The fourth-order valence-corrected chi connectivity index (χ4v) is 3.16. The van der Waals surface area contributed by atoms with Gasteiger partial charge in [-0.2, -0.15) is 5.26 Å². The summed E-state index contributed by atoms with van der Waals surface area (Å²) in [6.45, 7) is 0.485. The molecule has 1 aromatic carbocycles. The summed E-state index contributed by atoms with van der Waals surface area (Å²) in [5, 5.41) is 12.3. The Morgan fingerprint density at radius 2 is 2.19 bits per heavy atom. The van der Waals surface area contributed by atoms with Crippen molar-refractivity contribution in [1.29, 1.82) is 5.26 Å². The highest BCUT2D eigenvalue weighted by Crippen LogP contribution is 2.30.